The molecule has 1 aromatic carbocycles. The van der Waals surface area contributed by atoms with Gasteiger partial charge in [-0.25, -0.2) is 4.79 Å². The van der Waals surface area contributed by atoms with Crippen LogP contribution in [0.5, 0.6) is 0 Å². The number of rotatable bonds is 5. The van der Waals surface area contributed by atoms with Crippen LogP contribution in [0.3, 0.4) is 0 Å². The lowest BCUT2D eigenvalue weighted by Gasteiger charge is -2.13. The van der Waals surface area contributed by atoms with Crippen LogP contribution in [0.4, 0.5) is 5.00 Å². The number of hydrogen-bond donors (Lipinski definition) is 2. The Morgan fingerprint density at radius 2 is 1.96 bits per heavy atom. The summed E-state index contributed by atoms with van der Waals surface area (Å²) in [7, 11) is 0. The maximum Gasteiger partial charge on any atom is 0.338 e. The van der Waals surface area contributed by atoms with E-state index < -0.39 is 18.0 Å². The molecular formula is C21H22N2O4S. The lowest BCUT2D eigenvalue weighted by molar-refractivity contribution is -0.123. The zero-order chi connectivity index (χ0) is 20.1. The van der Waals surface area contributed by atoms with Gasteiger partial charge in [0.2, 0.25) is 0 Å². The summed E-state index contributed by atoms with van der Waals surface area (Å²) in [6.07, 6.45) is 4.08. The fourth-order valence-electron chi connectivity index (χ4n) is 3.19. The van der Waals surface area contributed by atoms with Crippen molar-refractivity contribution in [2.75, 3.05) is 5.32 Å². The molecule has 1 aliphatic rings. The van der Waals surface area contributed by atoms with Crippen LogP contribution in [0.2, 0.25) is 0 Å². The Hall–Kier alpha value is -2.69. The highest BCUT2D eigenvalue weighted by Crippen LogP contribution is 2.37. The number of fused-ring (bicyclic) bond motifs is 1. The van der Waals surface area contributed by atoms with Gasteiger partial charge >= 0.3 is 5.97 Å². The summed E-state index contributed by atoms with van der Waals surface area (Å²) >= 11 is 1.45. The van der Waals surface area contributed by atoms with Gasteiger partial charge in [0.1, 0.15) is 11.1 Å². The molecule has 0 saturated carbocycles. The van der Waals surface area contributed by atoms with Crippen molar-refractivity contribution in [2.45, 2.75) is 51.7 Å². The standard InChI is InChI=1S/C21H22N2O4S/c1-13(27-21(26)15-9-7-14(12-24)8-10-15)19(25)23-20-17(11-22)16-5-3-2-4-6-18(16)28-20/h7-10,13,24H,2-6,12H2,1H3,(H,23,25)/t13-/m1/s1. The number of carbonyl (C=O) groups is 2. The minimum absolute atomic E-state index is 0.111. The topological polar surface area (TPSA) is 99.4 Å². The number of nitrogens with one attached hydrogen (secondary N) is 1. The van der Waals surface area contributed by atoms with E-state index >= 15 is 0 Å². The van der Waals surface area contributed by atoms with E-state index in [1.807, 2.05) is 0 Å². The molecule has 0 bridgehead atoms. The summed E-state index contributed by atoms with van der Waals surface area (Å²) in [5.74, 6) is -1.08. The van der Waals surface area contributed by atoms with Crippen LogP contribution in [-0.4, -0.2) is 23.1 Å². The second-order valence-electron chi connectivity index (χ2n) is 6.77. The monoisotopic (exact) mass is 398 g/mol. The molecule has 1 aromatic heterocycles. The smallest absolute Gasteiger partial charge is 0.338 e. The Bertz CT molecular complexity index is 912. The number of benzene rings is 1. The Kier molecular flexibility index (Phi) is 6.45. The van der Waals surface area contributed by atoms with Crippen molar-refractivity contribution in [3.63, 3.8) is 0 Å². The van der Waals surface area contributed by atoms with Crippen molar-refractivity contribution in [1.29, 1.82) is 5.26 Å². The van der Waals surface area contributed by atoms with Gasteiger partial charge in [-0.15, -0.1) is 11.3 Å². The normalized spacial score (nSPS) is 14.3. The Morgan fingerprint density at radius 3 is 2.64 bits per heavy atom. The summed E-state index contributed by atoms with van der Waals surface area (Å²) in [5.41, 5.74) is 2.57. The number of anilines is 1. The highest BCUT2D eigenvalue weighted by Gasteiger charge is 2.24. The maximum absolute atomic E-state index is 12.5. The summed E-state index contributed by atoms with van der Waals surface area (Å²) in [6.45, 7) is 1.39. The first-order valence-corrected chi connectivity index (χ1v) is 10.1. The van der Waals surface area contributed by atoms with Crippen molar-refractivity contribution in [1.82, 2.24) is 0 Å². The van der Waals surface area contributed by atoms with Gasteiger partial charge in [-0.05, 0) is 55.9 Å². The second kappa shape index (κ2) is 9.00. The maximum atomic E-state index is 12.5. The van der Waals surface area contributed by atoms with Crippen LogP contribution in [-0.2, 0) is 29.0 Å². The molecule has 6 nitrogen and oxygen atoms in total. The van der Waals surface area contributed by atoms with Gasteiger partial charge in [-0.2, -0.15) is 5.26 Å². The van der Waals surface area contributed by atoms with Crippen molar-refractivity contribution >= 4 is 28.2 Å². The molecule has 3 rings (SSSR count). The minimum Gasteiger partial charge on any atom is -0.449 e. The van der Waals surface area contributed by atoms with Crippen LogP contribution in [0.25, 0.3) is 0 Å². The molecule has 0 spiro atoms. The number of aliphatic hydroxyl groups is 1. The van der Waals surface area contributed by atoms with Gasteiger partial charge < -0.3 is 15.2 Å². The molecule has 7 heteroatoms. The molecule has 1 amide bonds. The molecule has 0 aliphatic heterocycles. The Morgan fingerprint density at radius 1 is 1.25 bits per heavy atom. The number of aliphatic hydroxyl groups excluding tert-OH is 1. The summed E-state index contributed by atoms with van der Waals surface area (Å²) in [6, 6.07) is 8.56. The molecule has 146 valence electrons. The second-order valence-corrected chi connectivity index (χ2v) is 7.88. The Labute approximate surface area is 167 Å². The third-order valence-corrected chi connectivity index (χ3v) is 6.00. The van der Waals surface area contributed by atoms with Gasteiger partial charge in [0.15, 0.2) is 6.10 Å². The largest absolute Gasteiger partial charge is 0.449 e. The molecule has 2 aromatic rings. The van der Waals surface area contributed by atoms with Gasteiger partial charge in [-0.3, -0.25) is 4.79 Å². The van der Waals surface area contributed by atoms with Crippen molar-refractivity contribution < 1.29 is 19.4 Å². The van der Waals surface area contributed by atoms with Crippen LogP contribution < -0.4 is 5.32 Å². The van der Waals surface area contributed by atoms with E-state index in [0.717, 1.165) is 42.5 Å². The van der Waals surface area contributed by atoms with E-state index in [-0.39, 0.29) is 6.61 Å². The van der Waals surface area contributed by atoms with E-state index in [2.05, 4.69) is 11.4 Å². The molecular weight excluding hydrogens is 376 g/mol. The van der Waals surface area contributed by atoms with Crippen LogP contribution >= 0.6 is 11.3 Å². The van der Waals surface area contributed by atoms with E-state index in [1.54, 1.807) is 24.3 Å². The van der Waals surface area contributed by atoms with Gasteiger partial charge in [0, 0.05) is 4.88 Å². The van der Waals surface area contributed by atoms with Crippen LogP contribution in [0.15, 0.2) is 24.3 Å². The van der Waals surface area contributed by atoms with E-state index in [1.165, 1.54) is 18.3 Å². The van der Waals surface area contributed by atoms with Crippen LogP contribution in [0.1, 0.15) is 58.1 Å². The van der Waals surface area contributed by atoms with Gasteiger partial charge in [-0.1, -0.05) is 18.6 Å². The first-order chi connectivity index (χ1) is 13.5. The lowest BCUT2D eigenvalue weighted by atomic mass is 10.1. The molecule has 1 heterocycles. The third-order valence-electron chi connectivity index (χ3n) is 4.80. The van der Waals surface area contributed by atoms with Crippen molar-refractivity contribution in [2.24, 2.45) is 0 Å². The summed E-state index contributed by atoms with van der Waals surface area (Å²) in [5, 5.41) is 21.9. The average Bonchev–Trinajstić information content (AvgIpc) is 2.86. The number of hydrogen-bond acceptors (Lipinski definition) is 6. The summed E-state index contributed by atoms with van der Waals surface area (Å²) in [4.78, 5) is 25.9. The predicted octanol–water partition coefficient (Wildman–Crippen LogP) is 3.56. The number of carbonyl (C=O) groups excluding carboxylic acids is 2. The van der Waals surface area contributed by atoms with E-state index in [4.69, 9.17) is 9.84 Å². The quantitative estimate of drug-likeness (QED) is 0.592. The molecule has 1 atom stereocenters. The minimum atomic E-state index is -1.00. The lowest BCUT2D eigenvalue weighted by Crippen LogP contribution is -2.30. The number of nitriles is 1. The zero-order valence-electron chi connectivity index (χ0n) is 15.7. The highest BCUT2D eigenvalue weighted by molar-refractivity contribution is 7.16. The number of amides is 1. The highest BCUT2D eigenvalue weighted by atomic mass is 32.1. The molecule has 0 unspecified atom stereocenters. The number of aryl methyl sites for hydroxylation is 1. The molecule has 0 saturated heterocycles. The molecule has 2 N–H and O–H groups in total. The number of thiophene rings is 1. The number of ether oxygens (including phenoxy) is 1. The molecule has 0 fully saturated rings. The first-order valence-electron chi connectivity index (χ1n) is 9.29. The van der Waals surface area contributed by atoms with Gasteiger partial charge in [0.25, 0.3) is 5.91 Å². The fraction of sp³-hybridized carbons (Fsp3) is 0.381. The summed E-state index contributed by atoms with van der Waals surface area (Å²) < 4.78 is 5.25. The van der Waals surface area contributed by atoms with Crippen molar-refractivity contribution in [3.8, 4) is 6.07 Å². The number of nitrogens with zero attached hydrogens (tertiary/aromatic N) is 1. The molecule has 1 aliphatic carbocycles. The SMILES string of the molecule is C[C@@H](OC(=O)c1ccc(CO)cc1)C(=O)Nc1sc2c(c1C#N)CCCCC2. The van der Waals surface area contributed by atoms with E-state index in [0.29, 0.717) is 21.7 Å². The third kappa shape index (κ3) is 4.41. The predicted molar refractivity (Wildman–Crippen MR) is 106 cm³/mol. The first kappa shape index (κ1) is 20.1. The molecule has 0 radical (unpaired) electrons. The van der Waals surface area contributed by atoms with Gasteiger partial charge in [0.05, 0.1) is 17.7 Å². The Balaban J connectivity index is 1.67. The molecule has 28 heavy (non-hydrogen) atoms. The van der Waals surface area contributed by atoms with Crippen molar-refractivity contribution in [3.05, 3.63) is 51.4 Å². The van der Waals surface area contributed by atoms with Crippen LogP contribution in [0, 0.1) is 11.3 Å². The number of esters is 1. The fourth-order valence-corrected chi connectivity index (χ4v) is 4.43. The average molecular weight is 398 g/mol. The zero-order valence-corrected chi connectivity index (χ0v) is 16.5. The van der Waals surface area contributed by atoms with E-state index in [9.17, 15) is 14.9 Å².